The number of nitrogen functional groups attached to an aromatic ring is 1. The Morgan fingerprint density at radius 1 is 0.714 bits per heavy atom. The van der Waals surface area contributed by atoms with Crippen LogP contribution in [0.5, 0.6) is 11.5 Å². The van der Waals surface area contributed by atoms with Crippen LogP contribution in [-0.4, -0.2) is 0 Å². The zero-order valence-electron chi connectivity index (χ0n) is 11.4. The van der Waals surface area contributed by atoms with Gasteiger partial charge in [-0.1, -0.05) is 54.6 Å². The average Bonchev–Trinajstić information content (AvgIpc) is 2.49. The van der Waals surface area contributed by atoms with Gasteiger partial charge in [-0.15, -0.1) is 12.4 Å². The van der Waals surface area contributed by atoms with Gasteiger partial charge in [-0.25, -0.2) is 0 Å². The van der Waals surface area contributed by atoms with Gasteiger partial charge in [0.2, 0.25) is 0 Å². The number of hydrogen-bond donors (Lipinski definition) is 1. The molecule has 2 nitrogen and oxygen atoms in total. The third-order valence-electron chi connectivity index (χ3n) is 3.06. The predicted molar refractivity (Wildman–Crippen MR) is 90.1 cm³/mol. The Labute approximate surface area is 130 Å². The standard InChI is InChI=1S/C18H15NO.ClH/c19-15-9-6-10-16(13-15)20-18-12-5-4-11-17(18)14-7-2-1-3-8-14;/h1-13H,19H2;1H. The first kappa shape index (κ1) is 14.9. The monoisotopic (exact) mass is 297 g/mol. The van der Waals surface area contributed by atoms with E-state index in [4.69, 9.17) is 10.5 Å². The SMILES string of the molecule is Cl.Nc1cccc(Oc2ccccc2-c2ccccc2)c1. The van der Waals surface area contributed by atoms with Gasteiger partial charge in [0.05, 0.1) is 0 Å². The van der Waals surface area contributed by atoms with E-state index in [0.717, 1.165) is 22.6 Å². The lowest BCUT2D eigenvalue weighted by Gasteiger charge is -2.11. The van der Waals surface area contributed by atoms with Gasteiger partial charge in [-0.3, -0.25) is 0 Å². The minimum atomic E-state index is 0. The maximum Gasteiger partial charge on any atom is 0.135 e. The smallest absolute Gasteiger partial charge is 0.135 e. The molecule has 2 N–H and O–H groups in total. The first-order valence-electron chi connectivity index (χ1n) is 6.51. The summed E-state index contributed by atoms with van der Waals surface area (Å²) in [6.45, 7) is 0. The van der Waals surface area contributed by atoms with Gasteiger partial charge in [0, 0.05) is 17.3 Å². The molecule has 0 heterocycles. The molecule has 0 amide bonds. The highest BCUT2D eigenvalue weighted by molar-refractivity contribution is 5.85. The lowest BCUT2D eigenvalue weighted by Crippen LogP contribution is -1.90. The number of rotatable bonds is 3. The van der Waals surface area contributed by atoms with Crippen LogP contribution in [0.25, 0.3) is 11.1 Å². The number of halogens is 1. The molecular formula is C18H16ClNO. The molecule has 3 rings (SSSR count). The number of ether oxygens (including phenoxy) is 1. The maximum absolute atomic E-state index is 5.96. The van der Waals surface area contributed by atoms with Crippen molar-refractivity contribution in [2.75, 3.05) is 5.73 Å². The Kier molecular flexibility index (Phi) is 4.85. The molecule has 0 aliphatic carbocycles. The van der Waals surface area contributed by atoms with Crippen LogP contribution >= 0.6 is 12.4 Å². The first-order chi connectivity index (χ1) is 9.83. The summed E-state index contributed by atoms with van der Waals surface area (Å²) < 4.78 is 5.96. The van der Waals surface area contributed by atoms with Crippen LogP contribution in [0.4, 0.5) is 5.69 Å². The molecule has 0 saturated heterocycles. The van der Waals surface area contributed by atoms with Crippen LogP contribution in [0.2, 0.25) is 0 Å². The second-order valence-corrected chi connectivity index (χ2v) is 4.54. The van der Waals surface area contributed by atoms with E-state index in [9.17, 15) is 0 Å². The molecule has 3 heteroatoms. The van der Waals surface area contributed by atoms with Crippen LogP contribution in [0.15, 0.2) is 78.9 Å². The maximum atomic E-state index is 5.96. The molecular weight excluding hydrogens is 282 g/mol. The van der Waals surface area contributed by atoms with Gasteiger partial charge in [-0.05, 0) is 23.8 Å². The Balaban J connectivity index is 0.00000161. The second-order valence-electron chi connectivity index (χ2n) is 4.54. The zero-order chi connectivity index (χ0) is 13.8. The van der Waals surface area contributed by atoms with Crippen LogP contribution < -0.4 is 10.5 Å². The van der Waals surface area contributed by atoms with Gasteiger partial charge in [0.25, 0.3) is 0 Å². The number of anilines is 1. The summed E-state index contributed by atoms with van der Waals surface area (Å²) in [5, 5.41) is 0. The highest BCUT2D eigenvalue weighted by Gasteiger charge is 2.06. The Hall–Kier alpha value is -2.45. The molecule has 0 aliphatic rings. The van der Waals surface area contributed by atoms with Crippen LogP contribution in [0.3, 0.4) is 0 Å². The molecule has 0 aliphatic heterocycles. The number of para-hydroxylation sites is 1. The number of nitrogens with two attached hydrogens (primary N) is 1. The molecule has 0 saturated carbocycles. The van der Waals surface area contributed by atoms with Crippen molar-refractivity contribution in [2.24, 2.45) is 0 Å². The average molecular weight is 298 g/mol. The Bertz CT molecular complexity index is 713. The van der Waals surface area contributed by atoms with E-state index in [1.165, 1.54) is 0 Å². The molecule has 0 aromatic heterocycles. The third kappa shape index (κ3) is 3.56. The van der Waals surface area contributed by atoms with E-state index in [1.54, 1.807) is 0 Å². The molecule has 106 valence electrons. The molecule has 0 bridgehead atoms. The number of benzene rings is 3. The van der Waals surface area contributed by atoms with Crippen LogP contribution in [-0.2, 0) is 0 Å². The molecule has 3 aromatic rings. The van der Waals surface area contributed by atoms with Crippen molar-refractivity contribution < 1.29 is 4.74 Å². The van der Waals surface area contributed by atoms with Gasteiger partial charge in [0.15, 0.2) is 0 Å². The van der Waals surface area contributed by atoms with Crippen molar-refractivity contribution in [1.82, 2.24) is 0 Å². The zero-order valence-corrected chi connectivity index (χ0v) is 12.2. The van der Waals surface area contributed by atoms with Crippen LogP contribution in [0.1, 0.15) is 0 Å². The predicted octanol–water partition coefficient (Wildman–Crippen LogP) is 5.15. The van der Waals surface area contributed by atoms with E-state index in [0.29, 0.717) is 5.69 Å². The highest BCUT2D eigenvalue weighted by atomic mass is 35.5. The normalized spacial score (nSPS) is 9.71. The molecule has 0 fully saturated rings. The fourth-order valence-electron chi connectivity index (χ4n) is 2.12. The summed E-state index contributed by atoms with van der Waals surface area (Å²) in [5.41, 5.74) is 8.67. The van der Waals surface area contributed by atoms with Crippen molar-refractivity contribution in [2.45, 2.75) is 0 Å². The van der Waals surface area contributed by atoms with E-state index in [2.05, 4.69) is 18.2 Å². The van der Waals surface area contributed by atoms with Crippen molar-refractivity contribution in [3.8, 4) is 22.6 Å². The van der Waals surface area contributed by atoms with Gasteiger partial charge in [-0.2, -0.15) is 0 Å². The fraction of sp³-hybridized carbons (Fsp3) is 0. The molecule has 0 unspecified atom stereocenters. The summed E-state index contributed by atoms with van der Waals surface area (Å²) in [4.78, 5) is 0. The van der Waals surface area contributed by atoms with Gasteiger partial charge >= 0.3 is 0 Å². The Morgan fingerprint density at radius 3 is 2.19 bits per heavy atom. The minimum Gasteiger partial charge on any atom is -0.457 e. The van der Waals surface area contributed by atoms with E-state index < -0.39 is 0 Å². The molecule has 0 atom stereocenters. The topological polar surface area (TPSA) is 35.2 Å². The van der Waals surface area contributed by atoms with Crippen LogP contribution in [0, 0.1) is 0 Å². The minimum absolute atomic E-state index is 0. The van der Waals surface area contributed by atoms with Crippen molar-refractivity contribution in [3.05, 3.63) is 78.9 Å². The summed E-state index contributed by atoms with van der Waals surface area (Å²) in [7, 11) is 0. The summed E-state index contributed by atoms with van der Waals surface area (Å²) in [5.74, 6) is 1.57. The lowest BCUT2D eigenvalue weighted by atomic mass is 10.1. The Morgan fingerprint density at radius 2 is 1.43 bits per heavy atom. The summed E-state index contributed by atoms with van der Waals surface area (Å²) >= 11 is 0. The second kappa shape index (κ2) is 6.82. The van der Waals surface area contributed by atoms with Crippen molar-refractivity contribution >= 4 is 18.1 Å². The van der Waals surface area contributed by atoms with Gasteiger partial charge < -0.3 is 10.5 Å². The van der Waals surface area contributed by atoms with E-state index >= 15 is 0 Å². The van der Waals surface area contributed by atoms with Gasteiger partial charge in [0.1, 0.15) is 11.5 Å². The summed E-state index contributed by atoms with van der Waals surface area (Å²) in [6, 6.07) is 25.6. The molecule has 21 heavy (non-hydrogen) atoms. The molecule has 0 spiro atoms. The number of hydrogen-bond acceptors (Lipinski definition) is 2. The fourth-order valence-corrected chi connectivity index (χ4v) is 2.12. The lowest BCUT2D eigenvalue weighted by molar-refractivity contribution is 0.485. The largest absolute Gasteiger partial charge is 0.457 e. The van der Waals surface area contributed by atoms with E-state index in [-0.39, 0.29) is 12.4 Å². The third-order valence-corrected chi connectivity index (χ3v) is 3.06. The molecule has 3 aromatic carbocycles. The molecule has 0 radical (unpaired) electrons. The van der Waals surface area contributed by atoms with E-state index in [1.807, 2.05) is 60.7 Å². The van der Waals surface area contributed by atoms with Crippen molar-refractivity contribution in [1.29, 1.82) is 0 Å². The quantitative estimate of drug-likeness (QED) is 0.679. The highest BCUT2D eigenvalue weighted by Crippen LogP contribution is 2.33. The van der Waals surface area contributed by atoms with Crippen molar-refractivity contribution in [3.63, 3.8) is 0 Å². The first-order valence-corrected chi connectivity index (χ1v) is 6.51. The summed E-state index contributed by atoms with van der Waals surface area (Å²) in [6.07, 6.45) is 0.